The summed E-state index contributed by atoms with van der Waals surface area (Å²) in [4.78, 5) is 14.1. The van der Waals surface area contributed by atoms with Crippen LogP contribution in [0, 0.1) is 5.92 Å². The van der Waals surface area contributed by atoms with Crippen LogP contribution in [-0.2, 0) is 0 Å². The molecule has 0 atom stereocenters. The monoisotopic (exact) mass is 292 g/mol. The van der Waals surface area contributed by atoms with Crippen LogP contribution < -0.4 is 4.90 Å². The fourth-order valence-electron chi connectivity index (χ4n) is 2.93. The van der Waals surface area contributed by atoms with E-state index in [1.807, 2.05) is 6.07 Å². The third kappa shape index (κ3) is 2.91. The number of hydrogen-bond acceptors (Lipinski definition) is 4. The van der Waals surface area contributed by atoms with Gasteiger partial charge < -0.3 is 4.90 Å². The molecule has 2 saturated carbocycles. The molecule has 3 fully saturated rings. The minimum absolute atomic E-state index is 0.559. The van der Waals surface area contributed by atoms with Gasteiger partial charge in [0, 0.05) is 44.7 Å². The van der Waals surface area contributed by atoms with Gasteiger partial charge in [-0.25, -0.2) is 9.97 Å². The maximum Gasteiger partial charge on any atom is 0.135 e. The normalized spacial score (nSPS) is 24.1. The van der Waals surface area contributed by atoms with Gasteiger partial charge in [-0.05, 0) is 31.6 Å². The minimum atomic E-state index is 0.559. The highest BCUT2D eigenvalue weighted by Crippen LogP contribution is 2.39. The fourth-order valence-corrected chi connectivity index (χ4v) is 3.12. The molecule has 2 heterocycles. The number of nitrogens with zero attached hydrogens (tertiary/aromatic N) is 4. The summed E-state index contributed by atoms with van der Waals surface area (Å²) in [6.45, 7) is 5.72. The highest BCUT2D eigenvalue weighted by atomic mass is 35.5. The highest BCUT2D eigenvalue weighted by Gasteiger charge is 2.29. The van der Waals surface area contributed by atoms with Crippen molar-refractivity contribution in [2.75, 3.05) is 37.6 Å². The second-order valence-corrected chi connectivity index (χ2v) is 6.80. The van der Waals surface area contributed by atoms with Crippen LogP contribution in [0.4, 0.5) is 5.82 Å². The predicted molar refractivity (Wildman–Crippen MR) is 80.4 cm³/mol. The molecule has 0 bridgehead atoms. The van der Waals surface area contributed by atoms with Crippen molar-refractivity contribution in [1.29, 1.82) is 0 Å². The van der Waals surface area contributed by atoms with Crippen LogP contribution in [0.1, 0.15) is 37.4 Å². The molecule has 4 nitrogen and oxygen atoms in total. The Morgan fingerprint density at radius 2 is 1.80 bits per heavy atom. The van der Waals surface area contributed by atoms with Crippen LogP contribution in [0.25, 0.3) is 0 Å². The summed E-state index contributed by atoms with van der Waals surface area (Å²) >= 11 is 6.16. The lowest BCUT2D eigenvalue weighted by molar-refractivity contribution is 0.247. The summed E-state index contributed by atoms with van der Waals surface area (Å²) in [6.07, 6.45) is 5.31. The molecule has 108 valence electrons. The molecule has 0 amide bonds. The Morgan fingerprint density at radius 3 is 2.45 bits per heavy atom. The van der Waals surface area contributed by atoms with E-state index < -0.39 is 0 Å². The van der Waals surface area contributed by atoms with E-state index in [0.717, 1.165) is 43.7 Å². The van der Waals surface area contributed by atoms with Gasteiger partial charge >= 0.3 is 0 Å². The van der Waals surface area contributed by atoms with E-state index in [1.165, 1.54) is 32.2 Å². The predicted octanol–water partition coefficient (Wildman–Crippen LogP) is 2.54. The number of halogens is 1. The maximum absolute atomic E-state index is 6.16. The van der Waals surface area contributed by atoms with Crippen molar-refractivity contribution in [1.82, 2.24) is 14.9 Å². The van der Waals surface area contributed by atoms with E-state index >= 15 is 0 Å². The summed E-state index contributed by atoms with van der Waals surface area (Å²) in [5.74, 6) is 3.52. The third-order valence-electron chi connectivity index (χ3n) is 4.55. The number of piperazine rings is 1. The standard InChI is InChI=1S/C15H21ClN4/c16-13-9-14(18-15(17-13)12-3-4-12)20-7-5-19(6-8-20)10-11-1-2-11/h9,11-12H,1-8,10H2. The number of anilines is 1. The molecule has 4 rings (SSSR count). The van der Waals surface area contributed by atoms with Gasteiger partial charge in [0.1, 0.15) is 16.8 Å². The second-order valence-electron chi connectivity index (χ2n) is 6.41. The van der Waals surface area contributed by atoms with Crippen molar-refractivity contribution < 1.29 is 0 Å². The molecule has 20 heavy (non-hydrogen) atoms. The summed E-state index contributed by atoms with van der Waals surface area (Å²) in [5.41, 5.74) is 0. The van der Waals surface area contributed by atoms with Crippen molar-refractivity contribution in [2.45, 2.75) is 31.6 Å². The van der Waals surface area contributed by atoms with Crippen LogP contribution in [0.3, 0.4) is 0 Å². The van der Waals surface area contributed by atoms with E-state index in [4.69, 9.17) is 16.6 Å². The Hall–Kier alpha value is -0.870. The molecule has 2 aliphatic carbocycles. The van der Waals surface area contributed by atoms with E-state index in [2.05, 4.69) is 14.8 Å². The van der Waals surface area contributed by atoms with Crippen LogP contribution in [-0.4, -0.2) is 47.6 Å². The molecule has 3 aliphatic rings. The fraction of sp³-hybridized carbons (Fsp3) is 0.733. The zero-order valence-corrected chi connectivity index (χ0v) is 12.5. The van der Waals surface area contributed by atoms with Gasteiger partial charge in [-0.3, -0.25) is 4.90 Å². The molecule has 5 heteroatoms. The second kappa shape index (κ2) is 5.15. The van der Waals surface area contributed by atoms with Gasteiger partial charge in [0.25, 0.3) is 0 Å². The Bertz CT molecular complexity index is 491. The number of hydrogen-bond donors (Lipinski definition) is 0. The van der Waals surface area contributed by atoms with Gasteiger partial charge in [-0.1, -0.05) is 11.6 Å². The minimum Gasteiger partial charge on any atom is -0.354 e. The van der Waals surface area contributed by atoms with Crippen LogP contribution >= 0.6 is 11.6 Å². The van der Waals surface area contributed by atoms with Gasteiger partial charge in [-0.2, -0.15) is 0 Å². The van der Waals surface area contributed by atoms with Crippen LogP contribution in [0.5, 0.6) is 0 Å². The molecule has 0 aromatic carbocycles. The van der Waals surface area contributed by atoms with Crippen molar-refractivity contribution in [3.8, 4) is 0 Å². The molecule has 0 spiro atoms. The van der Waals surface area contributed by atoms with Crippen molar-refractivity contribution in [3.05, 3.63) is 17.0 Å². The van der Waals surface area contributed by atoms with Crippen molar-refractivity contribution in [2.24, 2.45) is 5.92 Å². The first-order valence-corrected chi connectivity index (χ1v) is 8.17. The Kier molecular flexibility index (Phi) is 3.31. The topological polar surface area (TPSA) is 32.3 Å². The quantitative estimate of drug-likeness (QED) is 0.798. The van der Waals surface area contributed by atoms with E-state index in [0.29, 0.717) is 11.1 Å². The molecule has 0 N–H and O–H groups in total. The lowest BCUT2D eigenvalue weighted by atomic mass is 10.2. The lowest BCUT2D eigenvalue weighted by Crippen LogP contribution is -2.47. The third-order valence-corrected chi connectivity index (χ3v) is 4.74. The zero-order valence-electron chi connectivity index (χ0n) is 11.8. The Labute approximate surface area is 125 Å². The Balaban J connectivity index is 1.42. The van der Waals surface area contributed by atoms with Gasteiger partial charge in [0.15, 0.2) is 0 Å². The summed E-state index contributed by atoms with van der Waals surface area (Å²) in [5, 5.41) is 0.595. The number of rotatable bonds is 4. The molecule has 0 radical (unpaired) electrons. The molecule has 1 aliphatic heterocycles. The van der Waals surface area contributed by atoms with Gasteiger partial charge in [-0.15, -0.1) is 0 Å². The summed E-state index contributed by atoms with van der Waals surface area (Å²) in [6, 6.07) is 1.92. The maximum atomic E-state index is 6.16. The average Bonchev–Trinajstić information content (AvgIpc) is 3.33. The molecule has 1 aromatic heterocycles. The smallest absolute Gasteiger partial charge is 0.135 e. The largest absolute Gasteiger partial charge is 0.354 e. The summed E-state index contributed by atoms with van der Waals surface area (Å²) < 4.78 is 0. The van der Waals surface area contributed by atoms with E-state index in [-0.39, 0.29) is 0 Å². The Morgan fingerprint density at radius 1 is 1.05 bits per heavy atom. The zero-order chi connectivity index (χ0) is 13.5. The molecule has 1 saturated heterocycles. The molecule has 1 aromatic rings. The van der Waals surface area contributed by atoms with E-state index in [1.54, 1.807) is 0 Å². The molecule has 0 unspecified atom stereocenters. The van der Waals surface area contributed by atoms with Crippen molar-refractivity contribution in [3.63, 3.8) is 0 Å². The van der Waals surface area contributed by atoms with Gasteiger partial charge in [0.2, 0.25) is 0 Å². The first-order chi connectivity index (χ1) is 9.78. The lowest BCUT2D eigenvalue weighted by Gasteiger charge is -2.35. The first kappa shape index (κ1) is 12.8. The van der Waals surface area contributed by atoms with Crippen LogP contribution in [0.15, 0.2) is 6.07 Å². The van der Waals surface area contributed by atoms with Gasteiger partial charge in [0.05, 0.1) is 0 Å². The SMILES string of the molecule is Clc1cc(N2CCN(CC3CC3)CC2)nc(C2CC2)n1. The van der Waals surface area contributed by atoms with Crippen LogP contribution in [0.2, 0.25) is 5.15 Å². The number of aromatic nitrogens is 2. The van der Waals surface area contributed by atoms with Crippen molar-refractivity contribution >= 4 is 17.4 Å². The highest BCUT2D eigenvalue weighted by molar-refractivity contribution is 6.29. The van der Waals surface area contributed by atoms with E-state index in [9.17, 15) is 0 Å². The molecular formula is C15H21ClN4. The summed E-state index contributed by atoms with van der Waals surface area (Å²) in [7, 11) is 0. The first-order valence-electron chi connectivity index (χ1n) is 7.80. The molecular weight excluding hydrogens is 272 g/mol. The average molecular weight is 293 g/mol.